The molecule has 0 fully saturated rings. The lowest BCUT2D eigenvalue weighted by Crippen LogP contribution is -2.37. The predicted molar refractivity (Wildman–Crippen MR) is 93.3 cm³/mol. The van der Waals surface area contributed by atoms with Crippen molar-refractivity contribution in [3.63, 3.8) is 0 Å². The first-order valence-electron chi connectivity index (χ1n) is 7.75. The monoisotopic (exact) mass is 329 g/mol. The summed E-state index contributed by atoms with van der Waals surface area (Å²) in [6.45, 7) is 5.35. The van der Waals surface area contributed by atoms with E-state index in [1.807, 2.05) is 30.3 Å². The number of likely N-dealkylation sites (N-methyl/N-ethyl adjacent to an activating group) is 1. The van der Waals surface area contributed by atoms with Gasteiger partial charge in [-0.1, -0.05) is 30.3 Å². The Balaban J connectivity index is 2.52. The summed E-state index contributed by atoms with van der Waals surface area (Å²) in [6.07, 6.45) is 0.170. The molecule has 0 saturated carbocycles. The number of hydrogen-bond acceptors (Lipinski definition) is 4. The van der Waals surface area contributed by atoms with E-state index in [2.05, 4.69) is 0 Å². The fraction of sp³-hybridized carbons (Fsp3) is 0.368. The molecule has 128 valence electrons. The predicted octanol–water partition coefficient (Wildman–Crippen LogP) is 3.96. The molecule has 5 heteroatoms. The van der Waals surface area contributed by atoms with E-state index in [0.29, 0.717) is 11.3 Å². The van der Waals surface area contributed by atoms with Gasteiger partial charge in [-0.25, -0.2) is 4.79 Å². The van der Waals surface area contributed by atoms with Crippen molar-refractivity contribution < 1.29 is 19.1 Å². The van der Waals surface area contributed by atoms with Crippen molar-refractivity contribution in [3.8, 4) is 5.75 Å². The third-order valence-corrected chi connectivity index (χ3v) is 3.67. The van der Waals surface area contributed by atoms with Crippen LogP contribution in [-0.2, 0) is 9.53 Å². The fourth-order valence-corrected chi connectivity index (χ4v) is 2.56. The first-order chi connectivity index (χ1) is 11.3. The summed E-state index contributed by atoms with van der Waals surface area (Å²) in [5, 5.41) is 1.84. The maximum absolute atomic E-state index is 12.4. The number of nitrogens with zero attached hydrogens (tertiary/aromatic N) is 1. The summed E-state index contributed by atoms with van der Waals surface area (Å²) in [7, 11) is 3.09. The van der Waals surface area contributed by atoms with E-state index in [4.69, 9.17) is 9.47 Å². The molecule has 0 saturated heterocycles. The molecule has 24 heavy (non-hydrogen) atoms. The molecule has 0 spiro atoms. The van der Waals surface area contributed by atoms with E-state index in [0.717, 1.165) is 17.1 Å². The Labute approximate surface area is 142 Å². The van der Waals surface area contributed by atoms with E-state index in [1.54, 1.807) is 41.0 Å². The van der Waals surface area contributed by atoms with Crippen LogP contribution < -0.4 is 4.74 Å². The zero-order valence-corrected chi connectivity index (χ0v) is 14.7. The first kappa shape index (κ1) is 17.8. The quantitative estimate of drug-likeness (QED) is 0.797. The lowest BCUT2D eigenvalue weighted by Gasteiger charge is -2.29. The maximum atomic E-state index is 12.4. The molecular formula is C19H23NO4. The van der Waals surface area contributed by atoms with Gasteiger partial charge in [-0.3, -0.25) is 4.90 Å². The summed E-state index contributed by atoms with van der Waals surface area (Å²) < 4.78 is 10.8. The number of amides is 1. The van der Waals surface area contributed by atoms with Gasteiger partial charge < -0.3 is 14.3 Å². The highest BCUT2D eigenvalue weighted by molar-refractivity contribution is 5.91. The molecule has 0 aliphatic heterocycles. The number of fused-ring (bicyclic) bond motifs is 1. The van der Waals surface area contributed by atoms with Gasteiger partial charge in [-0.05, 0) is 37.6 Å². The van der Waals surface area contributed by atoms with Crippen LogP contribution in [-0.4, -0.2) is 37.0 Å². The van der Waals surface area contributed by atoms with Gasteiger partial charge in [0.25, 0.3) is 0 Å². The van der Waals surface area contributed by atoms with Gasteiger partial charge in [-0.2, -0.15) is 0 Å². The molecule has 1 amide bonds. The van der Waals surface area contributed by atoms with Crippen LogP contribution in [0.15, 0.2) is 36.4 Å². The molecule has 0 radical (unpaired) electrons. The number of rotatable bonds is 4. The normalized spacial score (nSPS) is 12.5. The summed E-state index contributed by atoms with van der Waals surface area (Å²) in [5.41, 5.74) is 0.0145. The molecule has 2 aromatic rings. The van der Waals surface area contributed by atoms with Crippen molar-refractivity contribution in [2.75, 3.05) is 14.2 Å². The highest BCUT2D eigenvalue weighted by Gasteiger charge is 2.29. The fourth-order valence-electron chi connectivity index (χ4n) is 2.56. The second-order valence-corrected chi connectivity index (χ2v) is 6.57. The lowest BCUT2D eigenvalue weighted by molar-refractivity contribution is -0.112. The Morgan fingerprint density at radius 1 is 1.17 bits per heavy atom. The lowest BCUT2D eigenvalue weighted by atomic mass is 9.97. The average Bonchev–Trinajstić information content (AvgIpc) is 2.53. The second-order valence-electron chi connectivity index (χ2n) is 6.57. The minimum absolute atomic E-state index is 0.557. The highest BCUT2D eigenvalue weighted by atomic mass is 16.6. The van der Waals surface area contributed by atoms with Crippen molar-refractivity contribution in [2.45, 2.75) is 32.4 Å². The van der Waals surface area contributed by atoms with E-state index < -0.39 is 17.7 Å². The molecule has 0 N–H and O–H groups in total. The largest absolute Gasteiger partial charge is 0.496 e. The molecular weight excluding hydrogens is 306 g/mol. The summed E-state index contributed by atoms with van der Waals surface area (Å²) in [4.78, 5) is 25.5. The van der Waals surface area contributed by atoms with Gasteiger partial charge in [0.15, 0.2) is 0 Å². The zero-order valence-electron chi connectivity index (χ0n) is 14.7. The van der Waals surface area contributed by atoms with Crippen molar-refractivity contribution in [3.05, 3.63) is 42.0 Å². The summed E-state index contributed by atoms with van der Waals surface area (Å²) >= 11 is 0. The molecule has 0 bridgehead atoms. The topological polar surface area (TPSA) is 55.8 Å². The zero-order chi connectivity index (χ0) is 17.9. The SMILES string of the molecule is COc1ccc2ccccc2c1C(C=O)N(C)C(=O)OC(C)(C)C. The number of methoxy groups -OCH3 is 1. The highest BCUT2D eigenvalue weighted by Crippen LogP contribution is 2.35. The third-order valence-electron chi connectivity index (χ3n) is 3.67. The standard InChI is InChI=1S/C19H23NO4/c1-19(2,3)24-18(22)20(4)15(12-21)17-14-9-7-6-8-13(14)10-11-16(17)23-5/h6-12,15H,1-5H3. The Morgan fingerprint density at radius 2 is 1.83 bits per heavy atom. The maximum Gasteiger partial charge on any atom is 0.410 e. The second kappa shape index (κ2) is 6.91. The Bertz CT molecular complexity index is 749. The van der Waals surface area contributed by atoms with E-state index in [-0.39, 0.29) is 0 Å². The van der Waals surface area contributed by atoms with Gasteiger partial charge in [0, 0.05) is 12.6 Å². The number of benzene rings is 2. The molecule has 5 nitrogen and oxygen atoms in total. The van der Waals surface area contributed by atoms with Crippen LogP contribution in [0.5, 0.6) is 5.75 Å². The molecule has 2 aromatic carbocycles. The summed E-state index contributed by atoms with van der Waals surface area (Å²) in [6, 6.07) is 10.6. The van der Waals surface area contributed by atoms with Crippen LogP contribution in [0.1, 0.15) is 32.4 Å². The van der Waals surface area contributed by atoms with Crippen LogP contribution in [0.4, 0.5) is 4.79 Å². The van der Waals surface area contributed by atoms with Crippen LogP contribution in [0.2, 0.25) is 0 Å². The molecule has 0 aliphatic carbocycles. The molecule has 0 heterocycles. The third kappa shape index (κ3) is 3.67. The van der Waals surface area contributed by atoms with Crippen LogP contribution in [0.3, 0.4) is 0 Å². The number of hydrogen-bond donors (Lipinski definition) is 0. The van der Waals surface area contributed by atoms with Crippen molar-refractivity contribution in [1.29, 1.82) is 0 Å². The van der Waals surface area contributed by atoms with E-state index in [1.165, 1.54) is 4.90 Å². The smallest absolute Gasteiger partial charge is 0.410 e. The Hall–Kier alpha value is -2.56. The van der Waals surface area contributed by atoms with E-state index >= 15 is 0 Å². The number of carbonyl (C=O) groups is 2. The molecule has 0 aromatic heterocycles. The van der Waals surface area contributed by atoms with Gasteiger partial charge >= 0.3 is 6.09 Å². The Morgan fingerprint density at radius 3 is 2.42 bits per heavy atom. The van der Waals surface area contributed by atoms with E-state index in [9.17, 15) is 9.59 Å². The van der Waals surface area contributed by atoms with Gasteiger partial charge in [0.1, 0.15) is 23.7 Å². The van der Waals surface area contributed by atoms with Crippen molar-refractivity contribution in [1.82, 2.24) is 4.90 Å². The van der Waals surface area contributed by atoms with Crippen molar-refractivity contribution >= 4 is 23.2 Å². The Kier molecular flexibility index (Phi) is 5.12. The summed E-state index contributed by atoms with van der Waals surface area (Å²) in [5.74, 6) is 0.557. The first-order valence-corrected chi connectivity index (χ1v) is 7.75. The molecule has 0 aliphatic rings. The number of carbonyl (C=O) groups excluding carboxylic acids is 2. The molecule has 1 atom stereocenters. The average molecular weight is 329 g/mol. The minimum atomic E-state index is -0.805. The van der Waals surface area contributed by atoms with Crippen LogP contribution in [0.25, 0.3) is 10.8 Å². The molecule has 2 rings (SSSR count). The van der Waals surface area contributed by atoms with Crippen LogP contribution in [0, 0.1) is 0 Å². The minimum Gasteiger partial charge on any atom is -0.496 e. The van der Waals surface area contributed by atoms with Gasteiger partial charge in [0.2, 0.25) is 0 Å². The number of aldehydes is 1. The number of ether oxygens (including phenoxy) is 2. The van der Waals surface area contributed by atoms with Gasteiger partial charge in [-0.15, -0.1) is 0 Å². The van der Waals surface area contributed by atoms with Gasteiger partial charge in [0.05, 0.1) is 7.11 Å². The van der Waals surface area contributed by atoms with Crippen molar-refractivity contribution in [2.24, 2.45) is 0 Å². The molecule has 1 unspecified atom stereocenters. The van der Waals surface area contributed by atoms with Crippen LogP contribution >= 0.6 is 0 Å².